The number of H-pyrrole nitrogens is 1. The lowest BCUT2D eigenvalue weighted by Gasteiger charge is -2.27. The molecular formula is C29H36N6O2. The summed E-state index contributed by atoms with van der Waals surface area (Å²) in [6.45, 7) is 9.57. The van der Waals surface area contributed by atoms with E-state index in [4.69, 9.17) is 0 Å². The van der Waals surface area contributed by atoms with Crippen LogP contribution >= 0.6 is 0 Å². The van der Waals surface area contributed by atoms with Crippen molar-refractivity contribution in [1.29, 1.82) is 0 Å². The minimum Gasteiger partial charge on any atom is -0.348 e. The lowest BCUT2D eigenvalue weighted by Crippen LogP contribution is -2.29. The molecule has 0 aliphatic carbocycles. The Bertz CT molecular complexity index is 1500. The third-order valence-electron chi connectivity index (χ3n) is 6.78. The Balaban J connectivity index is 1.74. The fourth-order valence-corrected chi connectivity index (χ4v) is 4.94. The van der Waals surface area contributed by atoms with Crippen molar-refractivity contribution in [1.82, 2.24) is 25.0 Å². The van der Waals surface area contributed by atoms with Crippen LogP contribution in [0.15, 0.2) is 47.4 Å². The predicted molar refractivity (Wildman–Crippen MR) is 150 cm³/mol. The van der Waals surface area contributed by atoms with Gasteiger partial charge in [0.15, 0.2) is 0 Å². The number of anilines is 2. The van der Waals surface area contributed by atoms with Crippen LogP contribution in [0.4, 0.5) is 11.4 Å². The summed E-state index contributed by atoms with van der Waals surface area (Å²) >= 11 is 0. The van der Waals surface area contributed by atoms with Crippen molar-refractivity contribution in [3.05, 3.63) is 86.5 Å². The summed E-state index contributed by atoms with van der Waals surface area (Å²) in [6, 6.07) is 12.3. The zero-order chi connectivity index (χ0) is 26.9. The molecule has 0 saturated carbocycles. The van der Waals surface area contributed by atoms with Crippen LogP contribution < -0.4 is 15.8 Å². The molecule has 8 heteroatoms. The van der Waals surface area contributed by atoms with E-state index in [2.05, 4.69) is 70.5 Å². The molecule has 0 unspecified atom stereocenters. The van der Waals surface area contributed by atoms with Crippen molar-refractivity contribution in [3.63, 3.8) is 0 Å². The first-order chi connectivity index (χ1) is 17.6. The Hall–Kier alpha value is -3.91. The SMILES string of the molecule is CCN(c1ccc(CN(C)C)cc1)c1c(C)c(C(=O)NCc2c(C)cc(C)[nH]c2=O)cc2c1cnn2C. The number of aromatic nitrogens is 3. The van der Waals surface area contributed by atoms with Crippen LogP contribution in [0.2, 0.25) is 0 Å². The van der Waals surface area contributed by atoms with Gasteiger partial charge in [-0.05, 0) is 82.7 Å². The summed E-state index contributed by atoms with van der Waals surface area (Å²) in [5.41, 5.74) is 7.60. The van der Waals surface area contributed by atoms with Gasteiger partial charge in [0.1, 0.15) is 0 Å². The van der Waals surface area contributed by atoms with Crippen molar-refractivity contribution in [2.24, 2.45) is 7.05 Å². The minimum atomic E-state index is -0.224. The van der Waals surface area contributed by atoms with E-state index in [-0.39, 0.29) is 18.0 Å². The van der Waals surface area contributed by atoms with E-state index in [0.29, 0.717) is 11.1 Å². The number of rotatable bonds is 8. The number of pyridine rings is 1. The van der Waals surface area contributed by atoms with Crippen molar-refractivity contribution in [3.8, 4) is 0 Å². The first-order valence-electron chi connectivity index (χ1n) is 12.5. The fourth-order valence-electron chi connectivity index (χ4n) is 4.94. The molecule has 37 heavy (non-hydrogen) atoms. The zero-order valence-corrected chi connectivity index (χ0v) is 22.8. The number of nitrogens with one attached hydrogen (secondary N) is 2. The van der Waals surface area contributed by atoms with Crippen LogP contribution in [0.1, 0.15) is 45.2 Å². The summed E-state index contributed by atoms with van der Waals surface area (Å²) in [7, 11) is 5.99. The molecule has 0 saturated heterocycles. The summed E-state index contributed by atoms with van der Waals surface area (Å²) in [4.78, 5) is 33.1. The fraction of sp³-hybridized carbons (Fsp3) is 0.345. The third kappa shape index (κ3) is 5.29. The van der Waals surface area contributed by atoms with Gasteiger partial charge >= 0.3 is 0 Å². The van der Waals surface area contributed by atoms with Gasteiger partial charge in [0.2, 0.25) is 0 Å². The maximum Gasteiger partial charge on any atom is 0.253 e. The quantitative estimate of drug-likeness (QED) is 0.376. The van der Waals surface area contributed by atoms with E-state index in [0.717, 1.165) is 52.2 Å². The molecule has 2 aromatic carbocycles. The van der Waals surface area contributed by atoms with Crippen molar-refractivity contribution in [2.45, 2.75) is 40.8 Å². The van der Waals surface area contributed by atoms with E-state index >= 15 is 0 Å². The molecule has 194 valence electrons. The smallest absolute Gasteiger partial charge is 0.253 e. The highest BCUT2D eigenvalue weighted by Gasteiger charge is 2.22. The van der Waals surface area contributed by atoms with Crippen LogP contribution in [-0.4, -0.2) is 46.2 Å². The Labute approximate surface area is 217 Å². The highest BCUT2D eigenvalue weighted by atomic mass is 16.1. The lowest BCUT2D eigenvalue weighted by atomic mass is 10.00. The number of hydrogen-bond donors (Lipinski definition) is 2. The highest BCUT2D eigenvalue weighted by molar-refractivity contribution is 6.05. The van der Waals surface area contributed by atoms with Crippen LogP contribution in [0.5, 0.6) is 0 Å². The molecule has 2 aromatic heterocycles. The first kappa shape index (κ1) is 26.2. The van der Waals surface area contributed by atoms with Gasteiger partial charge in [0.05, 0.1) is 17.4 Å². The number of aromatic amines is 1. The van der Waals surface area contributed by atoms with Gasteiger partial charge in [-0.15, -0.1) is 0 Å². The maximum absolute atomic E-state index is 13.5. The number of hydrogen-bond acceptors (Lipinski definition) is 5. The first-order valence-corrected chi connectivity index (χ1v) is 12.5. The number of carbonyl (C=O) groups excluding carboxylic acids is 1. The summed E-state index contributed by atoms with van der Waals surface area (Å²) in [5, 5.41) is 8.45. The number of benzene rings is 2. The van der Waals surface area contributed by atoms with Gasteiger partial charge in [-0.1, -0.05) is 12.1 Å². The molecule has 4 rings (SSSR count). The molecule has 4 aromatic rings. The molecule has 2 heterocycles. The molecule has 2 N–H and O–H groups in total. The standard InChI is InChI=1S/C29H36N6O2/c1-8-35(22-11-9-21(10-12-22)17-33(5)6)27-20(4)23(14-26-25(27)16-31-34(26)7)28(36)30-15-24-18(2)13-19(3)32-29(24)37/h9-14,16H,8,15,17H2,1-7H3,(H,30,36)(H,32,37). The third-order valence-corrected chi connectivity index (χ3v) is 6.78. The molecule has 0 fully saturated rings. The molecule has 0 spiro atoms. The van der Waals surface area contributed by atoms with Crippen LogP contribution in [0, 0.1) is 20.8 Å². The normalized spacial score (nSPS) is 11.4. The second-order valence-electron chi connectivity index (χ2n) is 9.87. The Kier molecular flexibility index (Phi) is 7.50. The van der Waals surface area contributed by atoms with Crippen LogP contribution in [0.3, 0.4) is 0 Å². The molecule has 8 nitrogen and oxygen atoms in total. The van der Waals surface area contributed by atoms with E-state index in [1.807, 2.05) is 46.1 Å². The summed E-state index contributed by atoms with van der Waals surface area (Å²) < 4.78 is 1.79. The Morgan fingerprint density at radius 3 is 2.43 bits per heavy atom. The molecule has 0 atom stereocenters. The van der Waals surface area contributed by atoms with Crippen LogP contribution in [-0.2, 0) is 20.1 Å². The predicted octanol–water partition coefficient (Wildman–Crippen LogP) is 4.34. The molecular weight excluding hydrogens is 464 g/mol. The van der Waals surface area contributed by atoms with E-state index < -0.39 is 0 Å². The molecule has 0 aliphatic rings. The number of carbonyl (C=O) groups is 1. The largest absolute Gasteiger partial charge is 0.348 e. The van der Waals surface area contributed by atoms with E-state index in [1.54, 1.807) is 4.68 Å². The lowest BCUT2D eigenvalue weighted by molar-refractivity contribution is 0.0950. The molecule has 0 bridgehead atoms. The number of aryl methyl sites for hydroxylation is 3. The van der Waals surface area contributed by atoms with Crippen LogP contribution in [0.25, 0.3) is 10.9 Å². The van der Waals surface area contributed by atoms with Gasteiger partial charge < -0.3 is 20.1 Å². The average Bonchev–Trinajstić information content (AvgIpc) is 3.20. The van der Waals surface area contributed by atoms with Gasteiger partial charge in [-0.3, -0.25) is 14.3 Å². The van der Waals surface area contributed by atoms with Gasteiger partial charge in [-0.25, -0.2) is 0 Å². The summed E-state index contributed by atoms with van der Waals surface area (Å²) in [5.74, 6) is -0.224. The topological polar surface area (TPSA) is 86.3 Å². The molecule has 0 aliphatic heterocycles. The maximum atomic E-state index is 13.5. The van der Waals surface area contributed by atoms with Gasteiger partial charge in [0.25, 0.3) is 11.5 Å². The Morgan fingerprint density at radius 1 is 1.11 bits per heavy atom. The molecule has 1 amide bonds. The number of fused-ring (bicyclic) bond motifs is 1. The number of amides is 1. The second kappa shape index (κ2) is 10.6. The highest BCUT2D eigenvalue weighted by Crippen LogP contribution is 2.37. The monoisotopic (exact) mass is 500 g/mol. The van der Waals surface area contributed by atoms with E-state index in [9.17, 15) is 9.59 Å². The van der Waals surface area contributed by atoms with E-state index in [1.165, 1.54) is 5.56 Å². The van der Waals surface area contributed by atoms with Crippen molar-refractivity contribution in [2.75, 3.05) is 25.5 Å². The summed E-state index contributed by atoms with van der Waals surface area (Å²) in [6.07, 6.45) is 1.86. The Morgan fingerprint density at radius 2 is 1.81 bits per heavy atom. The van der Waals surface area contributed by atoms with Crippen molar-refractivity contribution < 1.29 is 4.79 Å². The van der Waals surface area contributed by atoms with Crippen molar-refractivity contribution >= 4 is 28.2 Å². The second-order valence-corrected chi connectivity index (χ2v) is 9.87. The average molecular weight is 501 g/mol. The van der Waals surface area contributed by atoms with Gasteiger partial charge in [-0.2, -0.15) is 5.10 Å². The number of nitrogens with zero attached hydrogens (tertiary/aromatic N) is 4. The minimum absolute atomic E-state index is 0.156. The van der Waals surface area contributed by atoms with Gasteiger partial charge in [0, 0.05) is 54.6 Å². The zero-order valence-electron chi connectivity index (χ0n) is 22.8. The molecule has 0 radical (unpaired) electrons.